The maximum atomic E-state index is 13.8. The number of pyridine rings is 1. The molecule has 0 bridgehead atoms. The lowest BCUT2D eigenvalue weighted by Gasteiger charge is -2.51. The van der Waals surface area contributed by atoms with Gasteiger partial charge in [0.2, 0.25) is 0 Å². The van der Waals surface area contributed by atoms with Crippen LogP contribution in [0.2, 0.25) is 0 Å². The van der Waals surface area contributed by atoms with Gasteiger partial charge >= 0.3 is 5.97 Å². The molecule has 0 saturated carbocycles. The summed E-state index contributed by atoms with van der Waals surface area (Å²) < 4.78 is 12.0. The number of aromatic nitrogens is 1. The van der Waals surface area contributed by atoms with Gasteiger partial charge in [-0.15, -0.1) is 0 Å². The molecule has 6 aromatic rings. The van der Waals surface area contributed by atoms with Crippen LogP contribution in [0.1, 0.15) is 34.9 Å². The van der Waals surface area contributed by atoms with Gasteiger partial charge in [0.25, 0.3) is 0 Å². The first-order chi connectivity index (χ1) is 24.2. The number of para-hydroxylation sites is 1. The number of esters is 1. The highest BCUT2D eigenvalue weighted by atomic mass is 16.5. The predicted molar refractivity (Wildman–Crippen MR) is 194 cm³/mol. The summed E-state index contributed by atoms with van der Waals surface area (Å²) in [6.07, 6.45) is 0. The van der Waals surface area contributed by atoms with Gasteiger partial charge in [-0.25, -0.2) is 4.98 Å². The predicted octanol–water partition coefficient (Wildman–Crippen LogP) is 7.86. The monoisotopic (exact) mass is 647 g/mol. The average molecular weight is 648 g/mol. The quantitative estimate of drug-likeness (QED) is 0.105. The van der Waals surface area contributed by atoms with Gasteiger partial charge in [-0.2, -0.15) is 0 Å². The second-order valence-electron chi connectivity index (χ2n) is 12.4. The van der Waals surface area contributed by atoms with Crippen molar-refractivity contribution in [3.63, 3.8) is 0 Å². The number of ether oxygens (including phenoxy) is 2. The number of benzene rings is 5. The number of carbonyl (C=O) groups is 1. The fraction of sp³-hybridized carbons (Fsp3) is 0.209. The first-order valence-electron chi connectivity index (χ1n) is 17.0. The van der Waals surface area contributed by atoms with Crippen molar-refractivity contribution in [3.05, 3.63) is 180 Å². The summed E-state index contributed by atoms with van der Waals surface area (Å²) in [7, 11) is 0. The maximum absolute atomic E-state index is 13.8. The first kappa shape index (κ1) is 32.3. The van der Waals surface area contributed by atoms with Crippen LogP contribution in [0.4, 0.5) is 0 Å². The topological polar surface area (TPSA) is 54.9 Å². The molecule has 6 nitrogen and oxygen atoms in total. The molecule has 0 N–H and O–H groups in total. The molecule has 246 valence electrons. The number of hydrogen-bond donors (Lipinski definition) is 0. The van der Waals surface area contributed by atoms with Crippen molar-refractivity contribution in [1.82, 2.24) is 14.8 Å². The molecule has 0 radical (unpaired) electrons. The summed E-state index contributed by atoms with van der Waals surface area (Å²) in [5.74, 6) is 0.524. The van der Waals surface area contributed by atoms with Crippen molar-refractivity contribution in [2.75, 3.05) is 26.2 Å². The summed E-state index contributed by atoms with van der Waals surface area (Å²) in [4.78, 5) is 23.6. The zero-order chi connectivity index (χ0) is 33.5. The molecule has 6 heteroatoms. The summed E-state index contributed by atoms with van der Waals surface area (Å²) in [5, 5.41) is 1.01. The second-order valence-corrected chi connectivity index (χ2v) is 12.4. The van der Waals surface area contributed by atoms with Gasteiger partial charge in [0, 0.05) is 31.6 Å². The van der Waals surface area contributed by atoms with Gasteiger partial charge in [0.15, 0.2) is 0 Å². The molecule has 0 amide bonds. The van der Waals surface area contributed by atoms with Crippen LogP contribution < -0.4 is 4.74 Å². The van der Waals surface area contributed by atoms with Crippen molar-refractivity contribution in [1.29, 1.82) is 0 Å². The van der Waals surface area contributed by atoms with E-state index in [2.05, 4.69) is 131 Å². The van der Waals surface area contributed by atoms with E-state index in [1.54, 1.807) is 0 Å². The van der Waals surface area contributed by atoms with Crippen molar-refractivity contribution in [3.8, 4) is 5.75 Å². The van der Waals surface area contributed by atoms with Gasteiger partial charge < -0.3 is 9.47 Å². The molecule has 5 aromatic carbocycles. The third-order valence-corrected chi connectivity index (χ3v) is 9.44. The molecule has 1 aromatic heterocycles. The molecule has 1 aliphatic rings. The second kappa shape index (κ2) is 14.9. The molecule has 2 heterocycles. The standard InChI is InChI=1S/C43H41N3O3/c1-2-48-42(47)39-31-46(43(35-19-9-4-10-20-35,36-21-11-5-12-22-36)37-23-13-6-14-24-37)29-28-45(39)30-38-27-26-34-18-15-25-40(41(34)44-38)49-32-33-16-7-3-8-17-33/h3-27,39H,2,28-32H2,1H3. The molecule has 49 heavy (non-hydrogen) atoms. The lowest BCUT2D eigenvalue weighted by Crippen LogP contribution is -2.62. The Hall–Kier alpha value is -5.30. The summed E-state index contributed by atoms with van der Waals surface area (Å²) in [6.45, 7) is 5.03. The minimum Gasteiger partial charge on any atom is -0.487 e. The van der Waals surface area contributed by atoms with Gasteiger partial charge in [0.05, 0.1) is 17.8 Å². The zero-order valence-electron chi connectivity index (χ0n) is 27.8. The van der Waals surface area contributed by atoms with Crippen molar-refractivity contribution >= 4 is 16.9 Å². The minimum atomic E-state index is -0.618. The first-order valence-corrected chi connectivity index (χ1v) is 17.0. The largest absolute Gasteiger partial charge is 0.487 e. The van der Waals surface area contributed by atoms with Crippen LogP contribution in [0, 0.1) is 0 Å². The van der Waals surface area contributed by atoms with Crippen LogP contribution in [0.25, 0.3) is 10.9 Å². The van der Waals surface area contributed by atoms with E-state index in [-0.39, 0.29) is 5.97 Å². The summed E-state index contributed by atoms with van der Waals surface area (Å²) in [5.41, 5.74) is 5.65. The van der Waals surface area contributed by atoms with E-state index in [1.165, 1.54) is 0 Å². The fourth-order valence-electron chi connectivity index (χ4n) is 7.17. The van der Waals surface area contributed by atoms with E-state index >= 15 is 0 Å². The Morgan fingerprint density at radius 3 is 1.90 bits per heavy atom. The molecule has 1 fully saturated rings. The lowest BCUT2D eigenvalue weighted by molar-refractivity contribution is -0.153. The molecule has 7 rings (SSSR count). The van der Waals surface area contributed by atoms with Crippen molar-refractivity contribution in [2.24, 2.45) is 0 Å². The smallest absolute Gasteiger partial charge is 0.324 e. The third-order valence-electron chi connectivity index (χ3n) is 9.44. The Morgan fingerprint density at radius 2 is 1.31 bits per heavy atom. The number of hydrogen-bond acceptors (Lipinski definition) is 6. The molecule has 1 saturated heterocycles. The molecular formula is C43H41N3O3. The maximum Gasteiger partial charge on any atom is 0.324 e. The van der Waals surface area contributed by atoms with Crippen LogP contribution in [-0.2, 0) is 28.2 Å². The van der Waals surface area contributed by atoms with E-state index in [4.69, 9.17) is 14.5 Å². The Bertz CT molecular complexity index is 1870. The molecule has 0 spiro atoms. The van der Waals surface area contributed by atoms with Crippen LogP contribution in [0.15, 0.2) is 152 Å². The van der Waals surface area contributed by atoms with Crippen LogP contribution >= 0.6 is 0 Å². The van der Waals surface area contributed by atoms with Gasteiger partial charge in [-0.05, 0) is 41.3 Å². The van der Waals surface area contributed by atoms with E-state index in [1.807, 2.05) is 37.3 Å². The highest BCUT2D eigenvalue weighted by Crippen LogP contribution is 2.43. The normalized spacial score (nSPS) is 15.6. The van der Waals surface area contributed by atoms with Gasteiger partial charge in [-0.3, -0.25) is 14.6 Å². The van der Waals surface area contributed by atoms with Gasteiger partial charge in [-0.1, -0.05) is 140 Å². The zero-order valence-corrected chi connectivity index (χ0v) is 27.8. The number of fused-ring (bicyclic) bond motifs is 1. The molecular weight excluding hydrogens is 606 g/mol. The third kappa shape index (κ3) is 6.71. The van der Waals surface area contributed by atoms with Crippen LogP contribution in [-0.4, -0.2) is 53.0 Å². The van der Waals surface area contributed by atoms with Gasteiger partial charge in [0.1, 0.15) is 23.9 Å². The SMILES string of the molecule is CCOC(=O)C1CN(C(c2ccccc2)(c2ccccc2)c2ccccc2)CCN1Cc1ccc2cccc(OCc3ccccc3)c2n1. The fourth-order valence-corrected chi connectivity index (χ4v) is 7.17. The molecule has 1 atom stereocenters. The molecule has 1 aliphatic heterocycles. The summed E-state index contributed by atoms with van der Waals surface area (Å²) >= 11 is 0. The Balaban J connectivity index is 1.23. The average Bonchev–Trinajstić information content (AvgIpc) is 3.16. The molecule has 0 aliphatic carbocycles. The van der Waals surface area contributed by atoms with E-state index in [9.17, 15) is 4.79 Å². The highest BCUT2D eigenvalue weighted by molar-refractivity contribution is 5.84. The van der Waals surface area contributed by atoms with E-state index in [0.29, 0.717) is 32.8 Å². The number of rotatable bonds is 11. The van der Waals surface area contributed by atoms with E-state index < -0.39 is 11.6 Å². The Labute approximate surface area is 288 Å². The molecule has 1 unspecified atom stereocenters. The van der Waals surface area contributed by atoms with Crippen LogP contribution in [0.3, 0.4) is 0 Å². The van der Waals surface area contributed by atoms with Crippen molar-refractivity contribution in [2.45, 2.75) is 31.7 Å². The van der Waals surface area contributed by atoms with Crippen molar-refractivity contribution < 1.29 is 14.3 Å². The lowest BCUT2D eigenvalue weighted by atomic mass is 9.75. The highest BCUT2D eigenvalue weighted by Gasteiger charge is 2.46. The Morgan fingerprint density at radius 1 is 0.714 bits per heavy atom. The number of piperazine rings is 1. The number of nitrogens with zero attached hydrogens (tertiary/aromatic N) is 3. The Kier molecular flexibility index (Phi) is 9.78. The minimum absolute atomic E-state index is 0.219. The van der Waals surface area contributed by atoms with Crippen LogP contribution in [0.5, 0.6) is 5.75 Å². The van der Waals surface area contributed by atoms with E-state index in [0.717, 1.165) is 51.1 Å². The summed E-state index contributed by atoms with van der Waals surface area (Å²) in [6, 6.07) is 51.7. The number of carbonyl (C=O) groups excluding carboxylic acids is 1.